The second-order valence-corrected chi connectivity index (χ2v) is 6.49. The van der Waals surface area contributed by atoms with E-state index in [-0.39, 0.29) is 24.3 Å². The number of likely N-dealkylation sites (N-methyl/N-ethyl adjacent to an activating group) is 2. The van der Waals surface area contributed by atoms with Gasteiger partial charge in [-0.2, -0.15) is 0 Å². The average Bonchev–Trinajstić information content (AvgIpc) is 2.72. The largest absolute Gasteiger partial charge is 0.341 e. The van der Waals surface area contributed by atoms with Crippen molar-refractivity contribution in [2.45, 2.75) is 23.9 Å². The van der Waals surface area contributed by atoms with Crippen molar-refractivity contribution in [2.75, 3.05) is 27.4 Å². The Morgan fingerprint density at radius 2 is 2.00 bits per heavy atom. The standard InChI is InChI=1S/C16H21N3O3S/c1-17(10-11-6-5-7-12(8-11)23-4)14(20)9-13-15(21)19(3)16(22)18(13)2/h5-8,13H,9-10H2,1-4H3/t13-/m0/s1. The van der Waals surface area contributed by atoms with Gasteiger partial charge in [0.05, 0.1) is 6.42 Å². The Bertz CT molecular complexity index is 635. The maximum Gasteiger partial charge on any atom is 0.326 e. The van der Waals surface area contributed by atoms with Gasteiger partial charge in [0, 0.05) is 32.6 Å². The summed E-state index contributed by atoms with van der Waals surface area (Å²) in [6.45, 7) is 0.474. The molecule has 7 heteroatoms. The second-order valence-electron chi connectivity index (χ2n) is 5.61. The highest BCUT2D eigenvalue weighted by atomic mass is 32.2. The van der Waals surface area contributed by atoms with Crippen LogP contribution in [-0.4, -0.2) is 66.0 Å². The van der Waals surface area contributed by atoms with E-state index in [9.17, 15) is 14.4 Å². The Labute approximate surface area is 140 Å². The zero-order chi connectivity index (χ0) is 17.1. The SMILES string of the molecule is CSc1cccc(CN(C)C(=O)C[C@H]2C(=O)N(C)C(=O)N2C)c1. The zero-order valence-electron chi connectivity index (χ0n) is 13.8. The first-order chi connectivity index (χ1) is 10.8. The average molecular weight is 335 g/mol. The van der Waals surface area contributed by atoms with E-state index < -0.39 is 6.04 Å². The first-order valence-corrected chi connectivity index (χ1v) is 8.49. The maximum absolute atomic E-state index is 12.4. The van der Waals surface area contributed by atoms with Crippen molar-refractivity contribution in [3.8, 4) is 0 Å². The van der Waals surface area contributed by atoms with E-state index >= 15 is 0 Å². The molecule has 1 aromatic carbocycles. The third kappa shape index (κ3) is 3.67. The quantitative estimate of drug-likeness (QED) is 0.606. The molecule has 0 N–H and O–H groups in total. The first-order valence-electron chi connectivity index (χ1n) is 7.26. The van der Waals surface area contributed by atoms with Crippen LogP contribution in [0.3, 0.4) is 0 Å². The van der Waals surface area contributed by atoms with Crippen molar-refractivity contribution in [3.05, 3.63) is 29.8 Å². The van der Waals surface area contributed by atoms with E-state index in [1.807, 2.05) is 30.5 Å². The molecule has 1 aliphatic rings. The predicted molar refractivity (Wildman–Crippen MR) is 89.0 cm³/mol. The van der Waals surface area contributed by atoms with Crippen LogP contribution in [-0.2, 0) is 16.1 Å². The number of thioether (sulfide) groups is 1. The molecule has 1 saturated heterocycles. The summed E-state index contributed by atoms with van der Waals surface area (Å²) in [6, 6.07) is 6.90. The smallest absolute Gasteiger partial charge is 0.326 e. The lowest BCUT2D eigenvalue weighted by atomic mass is 10.1. The van der Waals surface area contributed by atoms with Gasteiger partial charge in [0.15, 0.2) is 0 Å². The van der Waals surface area contributed by atoms with E-state index in [1.54, 1.807) is 30.8 Å². The van der Waals surface area contributed by atoms with Crippen molar-refractivity contribution in [1.82, 2.24) is 14.7 Å². The number of hydrogen-bond acceptors (Lipinski definition) is 4. The predicted octanol–water partition coefficient (Wildman–Crippen LogP) is 1.65. The van der Waals surface area contributed by atoms with Crippen molar-refractivity contribution >= 4 is 29.6 Å². The van der Waals surface area contributed by atoms with Crippen molar-refractivity contribution in [3.63, 3.8) is 0 Å². The third-order valence-corrected chi connectivity index (χ3v) is 4.74. The Hall–Kier alpha value is -2.02. The fourth-order valence-corrected chi connectivity index (χ4v) is 3.02. The van der Waals surface area contributed by atoms with E-state index in [4.69, 9.17) is 0 Å². The number of amides is 4. The van der Waals surface area contributed by atoms with Crippen molar-refractivity contribution < 1.29 is 14.4 Å². The molecule has 0 radical (unpaired) electrons. The van der Waals surface area contributed by atoms with E-state index in [0.717, 1.165) is 15.4 Å². The van der Waals surface area contributed by atoms with Crippen LogP contribution < -0.4 is 0 Å². The molecule has 4 amide bonds. The molecule has 1 aromatic rings. The van der Waals surface area contributed by atoms with Crippen LogP contribution in [0, 0.1) is 0 Å². The van der Waals surface area contributed by atoms with Crippen molar-refractivity contribution in [2.24, 2.45) is 0 Å². The van der Waals surface area contributed by atoms with E-state index in [2.05, 4.69) is 0 Å². The lowest BCUT2D eigenvalue weighted by Gasteiger charge is -2.21. The van der Waals surface area contributed by atoms with Gasteiger partial charge in [0.1, 0.15) is 6.04 Å². The number of imide groups is 1. The van der Waals surface area contributed by atoms with E-state index in [1.165, 1.54) is 11.9 Å². The minimum atomic E-state index is -0.708. The molecule has 0 aliphatic carbocycles. The fourth-order valence-electron chi connectivity index (χ4n) is 2.53. The van der Waals surface area contributed by atoms with Gasteiger partial charge in [-0.1, -0.05) is 12.1 Å². The molecule has 2 rings (SSSR count). The molecule has 0 unspecified atom stereocenters. The Morgan fingerprint density at radius 3 is 2.57 bits per heavy atom. The Balaban J connectivity index is 2.00. The van der Waals surface area contributed by atoms with Crippen LogP contribution in [0.5, 0.6) is 0 Å². The number of rotatable bonds is 5. The molecule has 23 heavy (non-hydrogen) atoms. The van der Waals surface area contributed by atoms with Crippen LogP contribution in [0.1, 0.15) is 12.0 Å². The summed E-state index contributed by atoms with van der Waals surface area (Å²) in [5.41, 5.74) is 1.03. The van der Waals surface area contributed by atoms with E-state index in [0.29, 0.717) is 6.54 Å². The monoisotopic (exact) mass is 335 g/mol. The summed E-state index contributed by atoms with van der Waals surface area (Å²) in [7, 11) is 4.69. The van der Waals surface area contributed by atoms with Crippen LogP contribution in [0.4, 0.5) is 4.79 Å². The molecule has 124 valence electrons. The molecule has 0 spiro atoms. The highest BCUT2D eigenvalue weighted by Gasteiger charge is 2.42. The maximum atomic E-state index is 12.4. The van der Waals surface area contributed by atoms with Gasteiger partial charge in [-0.3, -0.25) is 14.5 Å². The van der Waals surface area contributed by atoms with Gasteiger partial charge < -0.3 is 9.80 Å². The topological polar surface area (TPSA) is 60.9 Å². The van der Waals surface area contributed by atoms with Crippen LogP contribution in [0.25, 0.3) is 0 Å². The molecule has 1 heterocycles. The third-order valence-electron chi connectivity index (χ3n) is 4.02. The summed E-state index contributed by atoms with van der Waals surface area (Å²) in [6.07, 6.45) is 2.01. The Morgan fingerprint density at radius 1 is 1.30 bits per heavy atom. The summed E-state index contributed by atoms with van der Waals surface area (Å²) in [5, 5.41) is 0. The van der Waals surface area contributed by atoms with Gasteiger partial charge >= 0.3 is 6.03 Å². The highest BCUT2D eigenvalue weighted by Crippen LogP contribution is 2.19. The molecule has 0 saturated carbocycles. The first kappa shape index (κ1) is 17.3. The van der Waals surface area contributed by atoms with Crippen molar-refractivity contribution in [1.29, 1.82) is 0 Å². The lowest BCUT2D eigenvalue weighted by molar-refractivity contribution is -0.135. The molecular formula is C16H21N3O3S. The summed E-state index contributed by atoms with van der Waals surface area (Å²) >= 11 is 1.65. The second kappa shape index (κ2) is 7.04. The van der Waals surface area contributed by atoms with Gasteiger partial charge in [0.25, 0.3) is 5.91 Å². The molecule has 0 bridgehead atoms. The minimum absolute atomic E-state index is 0.00410. The van der Waals surface area contributed by atoms with Gasteiger partial charge in [-0.05, 0) is 24.0 Å². The molecule has 6 nitrogen and oxygen atoms in total. The van der Waals surface area contributed by atoms with Crippen LogP contribution in [0.15, 0.2) is 29.2 Å². The number of carbonyl (C=O) groups excluding carboxylic acids is 3. The van der Waals surface area contributed by atoms with Crippen LogP contribution >= 0.6 is 11.8 Å². The van der Waals surface area contributed by atoms with Gasteiger partial charge in [-0.25, -0.2) is 4.79 Å². The number of carbonyl (C=O) groups is 3. The summed E-state index contributed by atoms with van der Waals surface area (Å²) < 4.78 is 0. The molecule has 0 aromatic heterocycles. The van der Waals surface area contributed by atoms with Crippen LogP contribution in [0.2, 0.25) is 0 Å². The lowest BCUT2D eigenvalue weighted by Crippen LogP contribution is -2.38. The minimum Gasteiger partial charge on any atom is -0.341 e. The molecular weight excluding hydrogens is 314 g/mol. The normalized spacial score (nSPS) is 17.8. The summed E-state index contributed by atoms with van der Waals surface area (Å²) in [5.74, 6) is -0.489. The summed E-state index contributed by atoms with van der Waals surface area (Å²) in [4.78, 5) is 41.2. The number of benzene rings is 1. The van der Waals surface area contributed by atoms with Gasteiger partial charge in [0.2, 0.25) is 5.91 Å². The zero-order valence-corrected chi connectivity index (χ0v) is 14.6. The fraction of sp³-hybridized carbons (Fsp3) is 0.438. The number of hydrogen-bond donors (Lipinski definition) is 0. The molecule has 1 fully saturated rings. The highest BCUT2D eigenvalue weighted by molar-refractivity contribution is 7.98. The molecule has 1 aliphatic heterocycles. The number of urea groups is 1. The molecule has 1 atom stereocenters. The number of nitrogens with zero attached hydrogens (tertiary/aromatic N) is 3. The Kier molecular flexibility index (Phi) is 5.30. The van der Waals surface area contributed by atoms with Gasteiger partial charge in [-0.15, -0.1) is 11.8 Å².